The first-order valence-corrected chi connectivity index (χ1v) is 5.94. The monoisotopic (exact) mass is 265 g/mol. The highest BCUT2D eigenvalue weighted by Gasteiger charge is 2.17. The summed E-state index contributed by atoms with van der Waals surface area (Å²) in [6.45, 7) is 2.22. The van der Waals surface area contributed by atoms with E-state index in [1.165, 1.54) is 6.07 Å². The van der Waals surface area contributed by atoms with Gasteiger partial charge in [0.2, 0.25) is 0 Å². The van der Waals surface area contributed by atoms with Crippen LogP contribution >= 0.6 is 0 Å². The largest absolute Gasteiger partial charge is 0.378 e. The van der Waals surface area contributed by atoms with Crippen molar-refractivity contribution in [2.75, 3.05) is 31.2 Å². The molecule has 2 N–H and O–H groups in total. The Hall–Kier alpha value is -2.15. The van der Waals surface area contributed by atoms with E-state index in [1.807, 2.05) is 4.90 Å². The first-order chi connectivity index (χ1) is 9.15. The summed E-state index contributed by atoms with van der Waals surface area (Å²) in [7, 11) is 0. The second-order valence-corrected chi connectivity index (χ2v) is 4.36. The van der Waals surface area contributed by atoms with Crippen molar-refractivity contribution in [1.82, 2.24) is 9.97 Å². The van der Waals surface area contributed by atoms with Gasteiger partial charge >= 0.3 is 5.69 Å². The third kappa shape index (κ3) is 2.12. The van der Waals surface area contributed by atoms with Gasteiger partial charge < -0.3 is 14.6 Å². The second-order valence-electron chi connectivity index (χ2n) is 4.36. The number of H-pyrrole nitrogens is 2. The zero-order valence-corrected chi connectivity index (χ0v) is 10.0. The lowest BCUT2D eigenvalue weighted by atomic mass is 10.1. The lowest BCUT2D eigenvalue weighted by Gasteiger charge is -2.29. The standard InChI is InChI=1S/C12H12FN3O3/c13-7-5-8-10(11(17)15-12(18)14-8)9(6-7)16-1-3-19-4-2-16/h5-6H,1-4H2,(H2,14,15,17,18). The summed E-state index contributed by atoms with van der Waals surface area (Å²) in [6, 6.07) is 2.46. The van der Waals surface area contributed by atoms with E-state index in [1.54, 1.807) is 0 Å². The van der Waals surface area contributed by atoms with E-state index in [0.29, 0.717) is 37.4 Å². The maximum absolute atomic E-state index is 13.6. The van der Waals surface area contributed by atoms with Crippen molar-refractivity contribution in [2.45, 2.75) is 0 Å². The number of halogens is 1. The number of fused-ring (bicyclic) bond motifs is 1. The van der Waals surface area contributed by atoms with E-state index >= 15 is 0 Å². The van der Waals surface area contributed by atoms with Crippen molar-refractivity contribution in [3.05, 3.63) is 38.8 Å². The van der Waals surface area contributed by atoms with Crippen LogP contribution in [0.1, 0.15) is 0 Å². The quantitative estimate of drug-likeness (QED) is 0.771. The number of morpholine rings is 1. The van der Waals surface area contributed by atoms with Crippen LogP contribution in [0.15, 0.2) is 21.7 Å². The van der Waals surface area contributed by atoms with Crippen LogP contribution in [-0.2, 0) is 4.74 Å². The predicted octanol–water partition coefficient (Wildman–Crippen LogP) is 0.192. The molecule has 0 amide bonds. The fourth-order valence-electron chi connectivity index (χ4n) is 2.30. The Morgan fingerprint density at radius 3 is 2.63 bits per heavy atom. The number of rotatable bonds is 1. The summed E-state index contributed by atoms with van der Waals surface area (Å²) in [5, 5.41) is 0.294. The van der Waals surface area contributed by atoms with Gasteiger partial charge in [0.25, 0.3) is 5.56 Å². The summed E-state index contributed by atoms with van der Waals surface area (Å²) in [6.07, 6.45) is 0. The molecular formula is C12H12FN3O3. The van der Waals surface area contributed by atoms with Gasteiger partial charge in [0.15, 0.2) is 0 Å². The highest BCUT2D eigenvalue weighted by atomic mass is 19.1. The molecule has 2 heterocycles. The molecule has 1 aromatic carbocycles. The van der Waals surface area contributed by atoms with Gasteiger partial charge in [-0.15, -0.1) is 0 Å². The van der Waals surface area contributed by atoms with Gasteiger partial charge in [0, 0.05) is 13.1 Å². The fourth-order valence-corrected chi connectivity index (χ4v) is 2.30. The lowest BCUT2D eigenvalue weighted by molar-refractivity contribution is 0.123. The molecule has 2 aromatic rings. The third-order valence-electron chi connectivity index (χ3n) is 3.14. The highest BCUT2D eigenvalue weighted by molar-refractivity contribution is 5.91. The van der Waals surface area contributed by atoms with Crippen molar-refractivity contribution < 1.29 is 9.13 Å². The lowest BCUT2D eigenvalue weighted by Crippen LogP contribution is -2.37. The van der Waals surface area contributed by atoms with Gasteiger partial charge in [-0.2, -0.15) is 0 Å². The number of hydrogen-bond donors (Lipinski definition) is 2. The second kappa shape index (κ2) is 4.51. The average Bonchev–Trinajstić information content (AvgIpc) is 2.38. The average molecular weight is 265 g/mol. The maximum Gasteiger partial charge on any atom is 0.326 e. The maximum atomic E-state index is 13.6. The molecule has 7 heteroatoms. The number of nitrogens with one attached hydrogen (secondary N) is 2. The van der Waals surface area contributed by atoms with E-state index in [0.717, 1.165) is 6.07 Å². The Labute approximate surface area is 106 Å². The Bertz CT molecular complexity index is 731. The van der Waals surface area contributed by atoms with Crippen molar-refractivity contribution >= 4 is 16.6 Å². The Morgan fingerprint density at radius 2 is 1.89 bits per heavy atom. The number of ether oxygens (including phenoxy) is 1. The molecule has 3 rings (SSSR count). The topological polar surface area (TPSA) is 78.2 Å². The van der Waals surface area contributed by atoms with Crippen molar-refractivity contribution in [2.24, 2.45) is 0 Å². The van der Waals surface area contributed by atoms with Gasteiger partial charge in [-0.1, -0.05) is 0 Å². The molecule has 0 atom stereocenters. The third-order valence-corrected chi connectivity index (χ3v) is 3.14. The molecule has 1 aromatic heterocycles. The highest BCUT2D eigenvalue weighted by Crippen LogP contribution is 2.24. The zero-order valence-electron chi connectivity index (χ0n) is 10.0. The Kier molecular flexibility index (Phi) is 2.83. The smallest absolute Gasteiger partial charge is 0.326 e. The normalized spacial score (nSPS) is 15.9. The molecule has 19 heavy (non-hydrogen) atoms. The molecule has 0 aliphatic carbocycles. The summed E-state index contributed by atoms with van der Waals surface area (Å²) in [5.41, 5.74) is -0.470. The number of hydrogen-bond acceptors (Lipinski definition) is 4. The molecule has 0 bridgehead atoms. The molecular weight excluding hydrogens is 253 g/mol. The molecule has 6 nitrogen and oxygen atoms in total. The summed E-state index contributed by atoms with van der Waals surface area (Å²) in [4.78, 5) is 29.6. The SMILES string of the molecule is O=c1[nH]c(=O)c2c(N3CCOCC3)cc(F)cc2[nH]1. The van der Waals surface area contributed by atoms with E-state index < -0.39 is 17.1 Å². The van der Waals surface area contributed by atoms with Crippen LogP contribution in [0.4, 0.5) is 10.1 Å². The summed E-state index contributed by atoms with van der Waals surface area (Å²) in [5.74, 6) is -0.491. The fraction of sp³-hybridized carbons (Fsp3) is 0.333. The van der Waals surface area contributed by atoms with Crippen molar-refractivity contribution in [3.8, 4) is 0 Å². The molecule has 0 radical (unpaired) electrons. The van der Waals surface area contributed by atoms with E-state index in [9.17, 15) is 14.0 Å². The van der Waals surface area contributed by atoms with Crippen LogP contribution in [-0.4, -0.2) is 36.3 Å². The van der Waals surface area contributed by atoms with Gasteiger partial charge in [0.05, 0.1) is 29.8 Å². The van der Waals surface area contributed by atoms with E-state index in [-0.39, 0.29) is 5.52 Å². The first kappa shape index (κ1) is 11.9. The minimum absolute atomic E-state index is 0.204. The van der Waals surface area contributed by atoms with Gasteiger partial charge in [-0.25, -0.2) is 9.18 Å². The number of aromatic amines is 2. The minimum Gasteiger partial charge on any atom is -0.378 e. The molecule has 1 aliphatic rings. The molecule has 1 aliphatic heterocycles. The number of aromatic nitrogens is 2. The van der Waals surface area contributed by atoms with Crippen molar-refractivity contribution in [3.63, 3.8) is 0 Å². The van der Waals surface area contributed by atoms with Crippen LogP contribution in [0, 0.1) is 5.82 Å². The van der Waals surface area contributed by atoms with Gasteiger partial charge in [0.1, 0.15) is 5.82 Å². The van der Waals surface area contributed by atoms with Gasteiger partial charge in [-0.05, 0) is 12.1 Å². The first-order valence-electron chi connectivity index (χ1n) is 5.94. The van der Waals surface area contributed by atoms with Crippen LogP contribution < -0.4 is 16.1 Å². The van der Waals surface area contributed by atoms with Gasteiger partial charge in [-0.3, -0.25) is 9.78 Å². The van der Waals surface area contributed by atoms with Crippen LogP contribution in [0.25, 0.3) is 10.9 Å². The van der Waals surface area contributed by atoms with Crippen LogP contribution in [0.2, 0.25) is 0 Å². The number of nitrogens with zero attached hydrogens (tertiary/aromatic N) is 1. The van der Waals surface area contributed by atoms with E-state index in [4.69, 9.17) is 4.74 Å². The minimum atomic E-state index is -0.643. The van der Waals surface area contributed by atoms with Crippen LogP contribution in [0.5, 0.6) is 0 Å². The van der Waals surface area contributed by atoms with Crippen LogP contribution in [0.3, 0.4) is 0 Å². The zero-order chi connectivity index (χ0) is 13.4. The predicted molar refractivity (Wildman–Crippen MR) is 68.2 cm³/mol. The molecule has 1 fully saturated rings. The number of anilines is 1. The Morgan fingerprint density at radius 1 is 1.16 bits per heavy atom. The number of benzene rings is 1. The molecule has 0 unspecified atom stereocenters. The summed E-state index contributed by atoms with van der Waals surface area (Å²) < 4.78 is 18.9. The van der Waals surface area contributed by atoms with Crippen molar-refractivity contribution in [1.29, 1.82) is 0 Å². The Balaban J connectivity index is 2.28. The van der Waals surface area contributed by atoms with E-state index in [2.05, 4.69) is 9.97 Å². The molecule has 0 spiro atoms. The molecule has 1 saturated heterocycles. The summed E-state index contributed by atoms with van der Waals surface area (Å²) >= 11 is 0. The molecule has 100 valence electrons. The molecule has 0 saturated carbocycles.